The van der Waals surface area contributed by atoms with Crippen LogP contribution in [0.2, 0.25) is 0 Å². The number of methoxy groups -OCH3 is 1. The summed E-state index contributed by atoms with van der Waals surface area (Å²) in [4.78, 5) is 43.4. The Balaban J connectivity index is 0.0000118. The van der Waals surface area contributed by atoms with Crippen LogP contribution < -0.4 is 50.9 Å². The van der Waals surface area contributed by atoms with Gasteiger partial charge >= 0.3 is 29.6 Å². The van der Waals surface area contributed by atoms with Crippen molar-refractivity contribution >= 4 is 22.8 Å². The van der Waals surface area contributed by atoms with Gasteiger partial charge in [-0.05, 0) is 55.4 Å². The number of aliphatic hydroxyl groups excluding tert-OH is 7. The zero-order valence-corrected chi connectivity index (χ0v) is 47.8. The van der Waals surface area contributed by atoms with E-state index in [0.29, 0.717) is 48.1 Å². The SMILES string of the molecule is CCC(CO)OC(COCC(=O)NCCOCCOCCOC1OC(CO)C(O)C(O)C1O)OCC(CO)OC(COCCN[C@H]1CCc2c(C)c(F)cc3nc4c(c1c23)Cn1c-4cc([C@@](O)(CC)C(=O)[O-])c(CO)c1=O)OC.[Na+]. The van der Waals surface area contributed by atoms with Gasteiger partial charge in [0.05, 0.1) is 121 Å². The van der Waals surface area contributed by atoms with Crippen molar-refractivity contribution in [2.24, 2.45) is 0 Å². The summed E-state index contributed by atoms with van der Waals surface area (Å²) in [6, 6.07) is 2.35. The van der Waals surface area contributed by atoms with Crippen molar-refractivity contribution < 1.29 is 137 Å². The Morgan fingerprint density at radius 3 is 2.25 bits per heavy atom. The van der Waals surface area contributed by atoms with Crippen LogP contribution >= 0.6 is 0 Å². The molecule has 28 heteroatoms. The molecule has 0 saturated carbocycles. The number of ether oxygens (including phenoxy) is 10. The van der Waals surface area contributed by atoms with Crippen molar-refractivity contribution in [2.75, 3.05) is 106 Å². The van der Waals surface area contributed by atoms with Gasteiger partial charge in [0.15, 0.2) is 18.9 Å². The molecule has 26 nitrogen and oxygen atoms in total. The minimum atomic E-state index is -2.58. The van der Waals surface area contributed by atoms with E-state index in [1.165, 1.54) is 30.7 Å². The topological polar surface area (TPSA) is 370 Å². The van der Waals surface area contributed by atoms with E-state index in [2.05, 4.69) is 10.6 Å². The second kappa shape index (κ2) is 32.7. The number of halogens is 1. The van der Waals surface area contributed by atoms with E-state index >= 15 is 4.39 Å². The van der Waals surface area contributed by atoms with Gasteiger partial charge in [-0.15, -0.1) is 0 Å². The molecule has 1 fully saturated rings. The molecule has 4 heterocycles. The second-order valence-electron chi connectivity index (χ2n) is 19.2. The van der Waals surface area contributed by atoms with Crippen LogP contribution in [0.3, 0.4) is 0 Å². The van der Waals surface area contributed by atoms with Crippen LogP contribution in [-0.4, -0.2) is 224 Å². The first-order chi connectivity index (χ1) is 38.0. The third kappa shape index (κ3) is 16.5. The minimum absolute atomic E-state index is 0. The number of carbonyl (C=O) groups excluding carboxylic acids is 2. The molecule has 2 aliphatic heterocycles. The fraction of sp³-hybridized carbons (Fsp3) is 0.692. The van der Waals surface area contributed by atoms with Gasteiger partial charge in [-0.3, -0.25) is 9.59 Å². The number of aliphatic hydroxyl groups is 8. The van der Waals surface area contributed by atoms with E-state index in [-0.39, 0.29) is 145 Å². The zero-order chi connectivity index (χ0) is 57.4. The molecule has 10 N–H and O–H groups in total. The number of hydrogen-bond donors (Lipinski definition) is 10. The summed E-state index contributed by atoms with van der Waals surface area (Å²) >= 11 is 0. The summed E-state index contributed by atoms with van der Waals surface area (Å²) in [5.74, 6) is -2.74. The Kier molecular flexibility index (Phi) is 27.6. The van der Waals surface area contributed by atoms with Crippen molar-refractivity contribution in [3.05, 3.63) is 61.7 Å². The Labute approximate surface area is 483 Å². The van der Waals surface area contributed by atoms with Crippen molar-refractivity contribution in [3.8, 4) is 11.4 Å². The third-order valence-electron chi connectivity index (χ3n) is 14.1. The molecule has 0 radical (unpaired) electrons. The van der Waals surface area contributed by atoms with Crippen LogP contribution in [0.25, 0.3) is 22.3 Å². The fourth-order valence-electron chi connectivity index (χ4n) is 9.65. The first-order valence-electron chi connectivity index (χ1n) is 26.4. The number of carboxylic acids is 1. The number of carboxylic acid groups (broad SMARTS) is 1. The van der Waals surface area contributed by atoms with Crippen LogP contribution in [0.5, 0.6) is 0 Å². The Hall–Kier alpha value is -3.31. The van der Waals surface area contributed by atoms with Gasteiger partial charge in [-0.2, -0.15) is 0 Å². The van der Waals surface area contributed by atoms with Crippen LogP contribution in [0.4, 0.5) is 4.39 Å². The summed E-state index contributed by atoms with van der Waals surface area (Å²) < 4.78 is 72.9. The van der Waals surface area contributed by atoms with Crippen LogP contribution in [-0.2, 0) is 82.1 Å². The predicted molar refractivity (Wildman–Crippen MR) is 270 cm³/mol. The molecule has 2 aromatic heterocycles. The van der Waals surface area contributed by atoms with Crippen molar-refractivity contribution in [1.29, 1.82) is 0 Å². The van der Waals surface area contributed by atoms with E-state index in [1.54, 1.807) is 13.8 Å². The van der Waals surface area contributed by atoms with E-state index in [1.807, 2.05) is 0 Å². The number of benzene rings is 1. The number of nitrogens with one attached hydrogen (secondary N) is 2. The molecular formula is C52H76FN4NaO22. The molecule has 6 rings (SSSR count). The van der Waals surface area contributed by atoms with Gasteiger partial charge in [-0.25, -0.2) is 9.37 Å². The van der Waals surface area contributed by atoms with E-state index in [0.717, 1.165) is 16.5 Å². The molecule has 1 amide bonds. The van der Waals surface area contributed by atoms with Gasteiger partial charge < -0.3 is 113 Å². The average Bonchev–Trinajstić information content (AvgIpc) is 3.95. The van der Waals surface area contributed by atoms with Gasteiger partial charge in [-0.1, -0.05) is 13.8 Å². The summed E-state index contributed by atoms with van der Waals surface area (Å²) in [7, 11) is 1.40. The Morgan fingerprint density at radius 2 is 1.59 bits per heavy atom. The molecule has 1 aromatic carbocycles. The quantitative estimate of drug-likeness (QED) is 0.0115. The van der Waals surface area contributed by atoms with E-state index in [4.69, 9.17) is 52.4 Å². The number of carbonyl (C=O) groups is 2. The van der Waals surface area contributed by atoms with Gasteiger partial charge in [0.25, 0.3) is 5.56 Å². The summed E-state index contributed by atoms with van der Waals surface area (Å²) in [6.45, 7) is 3.10. The average molecular weight is 1150 g/mol. The van der Waals surface area contributed by atoms with Crippen molar-refractivity contribution in [3.63, 3.8) is 0 Å². The van der Waals surface area contributed by atoms with Gasteiger partial charge in [0, 0.05) is 54.4 Å². The number of aliphatic carboxylic acids is 1. The predicted octanol–water partition coefficient (Wildman–Crippen LogP) is -6.23. The maximum absolute atomic E-state index is 15.4. The Morgan fingerprint density at radius 1 is 0.900 bits per heavy atom. The summed E-state index contributed by atoms with van der Waals surface area (Å²) in [5, 5.41) is 99.6. The number of nitrogens with zero attached hydrogens (tertiary/aromatic N) is 2. The Bertz CT molecular complexity index is 2530. The largest absolute Gasteiger partial charge is 1.00 e. The fourth-order valence-corrected chi connectivity index (χ4v) is 9.65. The van der Waals surface area contributed by atoms with Gasteiger partial charge in [0.1, 0.15) is 48.5 Å². The minimum Gasteiger partial charge on any atom is -0.547 e. The zero-order valence-electron chi connectivity index (χ0n) is 45.8. The molecule has 0 bridgehead atoms. The normalized spacial score (nSPS) is 21.8. The van der Waals surface area contributed by atoms with Crippen molar-refractivity contribution in [2.45, 2.75) is 127 Å². The molecule has 80 heavy (non-hydrogen) atoms. The number of fused-ring (bicyclic) bond motifs is 4. The number of aromatic nitrogens is 2. The molecule has 0 spiro atoms. The molecule has 11 atom stereocenters. The molecular weight excluding hydrogens is 1070 g/mol. The van der Waals surface area contributed by atoms with Crippen LogP contribution in [0, 0.1) is 12.7 Å². The standard InChI is InChI=1S/C52H77FN4O22.Na/c1-5-29(20-58)77-42(27-74-25-40(62)55-10-11-71-13-14-72-15-16-75-50-48(65)47(64)46(63)39(23-61)79-50)76-24-30(21-59)78-41(70-4)26-73-12-9-54-36-8-7-31-28(3)35(53)18-37-43(31)44(36)32-19-57-38(45(32)56-37)17-34(33(22-60)49(57)66)52(69,6-2)51(67)68;/h17-18,29-30,36,39,41-42,46-48,50,54,58-61,63-65,69H,5-16,19-27H2,1-4H3,(H,55,62)(H,67,68);/q;+1/p-1/t29?,30?,36-,39?,41?,42?,46?,47?,48?,50?,52-;/m0./s1. The first kappa shape index (κ1) is 67.5. The molecule has 444 valence electrons. The molecule has 9 unspecified atom stereocenters. The number of hydrogen-bond acceptors (Lipinski definition) is 24. The maximum Gasteiger partial charge on any atom is 1.00 e. The number of pyridine rings is 2. The third-order valence-corrected chi connectivity index (χ3v) is 14.1. The number of aryl methyl sites for hydroxylation is 1. The smallest absolute Gasteiger partial charge is 0.547 e. The summed E-state index contributed by atoms with van der Waals surface area (Å²) in [6.07, 6.45) is -9.34. The van der Waals surface area contributed by atoms with E-state index in [9.17, 15) is 60.3 Å². The molecule has 3 aliphatic rings. The maximum atomic E-state index is 15.4. The monoisotopic (exact) mass is 1150 g/mol. The molecule has 1 aliphatic carbocycles. The van der Waals surface area contributed by atoms with Crippen LogP contribution in [0.15, 0.2) is 16.9 Å². The molecule has 3 aromatic rings. The van der Waals surface area contributed by atoms with Crippen LogP contribution in [0.1, 0.15) is 72.5 Å². The number of amides is 1. The number of rotatable bonds is 36. The summed E-state index contributed by atoms with van der Waals surface area (Å²) in [5.41, 5.74) is -0.294. The van der Waals surface area contributed by atoms with Crippen molar-refractivity contribution in [1.82, 2.24) is 20.2 Å². The second-order valence-corrected chi connectivity index (χ2v) is 19.2. The van der Waals surface area contributed by atoms with Gasteiger partial charge in [0.2, 0.25) is 5.91 Å². The molecule has 1 saturated heterocycles. The first-order valence-corrected chi connectivity index (χ1v) is 26.4. The van der Waals surface area contributed by atoms with E-state index < -0.39 is 104 Å².